The van der Waals surface area contributed by atoms with Crippen LogP contribution in [0.15, 0.2) is 54.7 Å². The van der Waals surface area contributed by atoms with Crippen LogP contribution >= 0.6 is 0 Å². The fourth-order valence-corrected chi connectivity index (χ4v) is 2.43. The molecular formula is C18H15F3N4O. The van der Waals surface area contributed by atoms with Gasteiger partial charge in [-0.2, -0.15) is 18.3 Å². The molecule has 2 heterocycles. The highest BCUT2D eigenvalue weighted by Crippen LogP contribution is 2.33. The highest BCUT2D eigenvalue weighted by molar-refractivity contribution is 5.93. The quantitative estimate of drug-likeness (QED) is 0.716. The third-order valence-corrected chi connectivity index (χ3v) is 3.68. The predicted octanol–water partition coefficient (Wildman–Crippen LogP) is 3.65. The van der Waals surface area contributed by atoms with E-state index in [9.17, 15) is 18.0 Å². The lowest BCUT2D eigenvalue weighted by Gasteiger charge is -2.11. The molecule has 134 valence electrons. The number of rotatable bonds is 3. The van der Waals surface area contributed by atoms with E-state index in [0.717, 1.165) is 6.07 Å². The molecule has 0 radical (unpaired) electrons. The zero-order chi connectivity index (χ0) is 18.9. The van der Waals surface area contributed by atoms with E-state index >= 15 is 0 Å². The van der Waals surface area contributed by atoms with Gasteiger partial charge < -0.3 is 4.90 Å². The first-order valence-corrected chi connectivity index (χ1v) is 7.68. The number of benzene rings is 1. The van der Waals surface area contributed by atoms with E-state index in [1.165, 1.54) is 21.8 Å². The topological polar surface area (TPSA) is 51.0 Å². The van der Waals surface area contributed by atoms with Gasteiger partial charge in [-0.05, 0) is 30.3 Å². The molecule has 8 heteroatoms. The molecule has 0 spiro atoms. The molecule has 0 N–H and O–H groups in total. The SMILES string of the molecule is CN(C)C(=O)c1cc(-c2cc(C(F)(F)F)nn2-c2ccccc2)ccn1. The van der Waals surface area contributed by atoms with Crippen molar-refractivity contribution in [3.05, 3.63) is 66.1 Å². The minimum Gasteiger partial charge on any atom is -0.343 e. The molecule has 1 amide bonds. The molecule has 0 aliphatic rings. The van der Waals surface area contributed by atoms with Crippen LogP contribution in [0.25, 0.3) is 16.9 Å². The molecule has 3 rings (SSSR count). The van der Waals surface area contributed by atoms with E-state index in [1.54, 1.807) is 50.5 Å². The molecule has 3 aromatic rings. The van der Waals surface area contributed by atoms with Gasteiger partial charge in [-0.3, -0.25) is 9.78 Å². The second-order valence-corrected chi connectivity index (χ2v) is 5.79. The van der Waals surface area contributed by atoms with Gasteiger partial charge >= 0.3 is 6.18 Å². The fraction of sp³-hybridized carbons (Fsp3) is 0.167. The first kappa shape index (κ1) is 17.7. The molecule has 26 heavy (non-hydrogen) atoms. The third kappa shape index (κ3) is 3.44. The molecule has 1 aromatic carbocycles. The maximum atomic E-state index is 13.2. The molecule has 0 bridgehead atoms. The number of halogens is 3. The van der Waals surface area contributed by atoms with Crippen molar-refractivity contribution in [2.45, 2.75) is 6.18 Å². The summed E-state index contributed by atoms with van der Waals surface area (Å²) in [5, 5.41) is 3.71. The maximum absolute atomic E-state index is 13.2. The van der Waals surface area contributed by atoms with Crippen LogP contribution < -0.4 is 0 Å². The molecule has 2 aromatic heterocycles. The number of hydrogen-bond donors (Lipinski definition) is 0. The van der Waals surface area contributed by atoms with Gasteiger partial charge in [0, 0.05) is 25.9 Å². The van der Waals surface area contributed by atoms with Crippen molar-refractivity contribution in [1.29, 1.82) is 0 Å². The molecular weight excluding hydrogens is 345 g/mol. The van der Waals surface area contributed by atoms with E-state index in [0.29, 0.717) is 11.3 Å². The zero-order valence-corrected chi connectivity index (χ0v) is 14.0. The molecule has 0 aliphatic carbocycles. The fourth-order valence-electron chi connectivity index (χ4n) is 2.43. The van der Waals surface area contributed by atoms with Crippen LogP contribution in [0.2, 0.25) is 0 Å². The van der Waals surface area contributed by atoms with Gasteiger partial charge in [0.15, 0.2) is 5.69 Å². The van der Waals surface area contributed by atoms with Crippen LogP contribution in [0.5, 0.6) is 0 Å². The number of alkyl halides is 3. The highest BCUT2D eigenvalue weighted by atomic mass is 19.4. The minimum absolute atomic E-state index is 0.141. The van der Waals surface area contributed by atoms with Gasteiger partial charge in [0.1, 0.15) is 5.69 Å². The Morgan fingerprint density at radius 2 is 1.77 bits per heavy atom. The molecule has 0 saturated carbocycles. The number of carbonyl (C=O) groups is 1. The molecule has 0 saturated heterocycles. The van der Waals surface area contributed by atoms with Crippen LogP contribution in [0.1, 0.15) is 16.2 Å². The first-order valence-electron chi connectivity index (χ1n) is 7.68. The van der Waals surface area contributed by atoms with Crippen molar-refractivity contribution in [2.75, 3.05) is 14.1 Å². The van der Waals surface area contributed by atoms with E-state index in [1.807, 2.05) is 0 Å². The van der Waals surface area contributed by atoms with Crippen molar-refractivity contribution in [2.24, 2.45) is 0 Å². The first-order chi connectivity index (χ1) is 12.3. The summed E-state index contributed by atoms with van der Waals surface area (Å²) >= 11 is 0. The Balaban J connectivity index is 2.17. The summed E-state index contributed by atoms with van der Waals surface area (Å²) in [4.78, 5) is 17.5. The summed E-state index contributed by atoms with van der Waals surface area (Å²) in [6.07, 6.45) is -3.19. The number of pyridine rings is 1. The number of amides is 1. The van der Waals surface area contributed by atoms with E-state index in [4.69, 9.17) is 0 Å². The van der Waals surface area contributed by atoms with E-state index in [2.05, 4.69) is 10.1 Å². The third-order valence-electron chi connectivity index (χ3n) is 3.68. The smallest absolute Gasteiger partial charge is 0.343 e. The van der Waals surface area contributed by atoms with Gasteiger partial charge in [-0.1, -0.05) is 18.2 Å². The number of nitrogens with zero attached hydrogens (tertiary/aromatic N) is 4. The van der Waals surface area contributed by atoms with Crippen molar-refractivity contribution in [1.82, 2.24) is 19.7 Å². The molecule has 5 nitrogen and oxygen atoms in total. The number of carbonyl (C=O) groups excluding carboxylic acids is 1. The van der Waals surface area contributed by atoms with Crippen molar-refractivity contribution in [3.8, 4) is 16.9 Å². The molecule has 0 fully saturated rings. The maximum Gasteiger partial charge on any atom is 0.435 e. The van der Waals surface area contributed by atoms with Crippen molar-refractivity contribution >= 4 is 5.91 Å². The summed E-state index contributed by atoms with van der Waals surface area (Å²) in [5.74, 6) is -0.339. The Bertz CT molecular complexity index is 933. The van der Waals surface area contributed by atoms with Gasteiger partial charge in [-0.15, -0.1) is 0 Å². The van der Waals surface area contributed by atoms with Crippen molar-refractivity contribution in [3.63, 3.8) is 0 Å². The normalized spacial score (nSPS) is 11.4. The standard InChI is InChI=1S/C18H15F3N4O/c1-24(2)17(26)14-10-12(8-9-22-14)15-11-16(18(19,20)21)23-25(15)13-6-4-3-5-7-13/h3-11H,1-2H3. The summed E-state index contributed by atoms with van der Waals surface area (Å²) in [5.41, 5.74) is 0.251. The van der Waals surface area contributed by atoms with Crippen LogP contribution in [0.4, 0.5) is 13.2 Å². The monoisotopic (exact) mass is 360 g/mol. The average Bonchev–Trinajstić information content (AvgIpc) is 3.07. The minimum atomic E-state index is -4.58. The van der Waals surface area contributed by atoms with Gasteiger partial charge in [0.25, 0.3) is 5.91 Å². The summed E-state index contributed by atoms with van der Waals surface area (Å²) in [7, 11) is 3.15. The second-order valence-electron chi connectivity index (χ2n) is 5.79. The lowest BCUT2D eigenvalue weighted by molar-refractivity contribution is -0.141. The Kier molecular flexibility index (Phi) is 4.50. The number of hydrogen-bond acceptors (Lipinski definition) is 3. The number of para-hydroxylation sites is 1. The molecule has 0 aliphatic heterocycles. The Labute approximate surface area is 147 Å². The van der Waals surface area contributed by atoms with Crippen LogP contribution in [-0.2, 0) is 6.18 Å². The highest BCUT2D eigenvalue weighted by Gasteiger charge is 2.35. The van der Waals surface area contributed by atoms with Gasteiger partial charge in [0.2, 0.25) is 0 Å². The lowest BCUT2D eigenvalue weighted by Crippen LogP contribution is -2.22. The largest absolute Gasteiger partial charge is 0.435 e. The lowest BCUT2D eigenvalue weighted by atomic mass is 10.1. The summed E-state index contributed by atoms with van der Waals surface area (Å²) < 4.78 is 40.7. The molecule has 0 atom stereocenters. The second kappa shape index (κ2) is 6.62. The van der Waals surface area contributed by atoms with Crippen molar-refractivity contribution < 1.29 is 18.0 Å². The average molecular weight is 360 g/mol. The Morgan fingerprint density at radius 3 is 2.38 bits per heavy atom. The molecule has 0 unspecified atom stereocenters. The predicted molar refractivity (Wildman–Crippen MR) is 89.8 cm³/mol. The van der Waals surface area contributed by atoms with Gasteiger partial charge in [0.05, 0.1) is 11.4 Å². The van der Waals surface area contributed by atoms with E-state index < -0.39 is 11.9 Å². The number of aromatic nitrogens is 3. The summed E-state index contributed by atoms with van der Waals surface area (Å²) in [6.45, 7) is 0. The zero-order valence-electron chi connectivity index (χ0n) is 14.0. The Morgan fingerprint density at radius 1 is 1.08 bits per heavy atom. The van der Waals surface area contributed by atoms with Gasteiger partial charge in [-0.25, -0.2) is 4.68 Å². The van der Waals surface area contributed by atoms with Crippen LogP contribution in [0, 0.1) is 0 Å². The Hall–Kier alpha value is -3.16. The summed E-state index contributed by atoms with van der Waals surface area (Å²) in [6, 6.07) is 12.5. The van der Waals surface area contributed by atoms with Crippen LogP contribution in [0.3, 0.4) is 0 Å². The van der Waals surface area contributed by atoms with E-state index in [-0.39, 0.29) is 17.3 Å². The van der Waals surface area contributed by atoms with Crippen LogP contribution in [-0.4, -0.2) is 39.7 Å².